The largest absolute Gasteiger partial charge is 0.378 e. The van der Waals surface area contributed by atoms with Crippen LogP contribution in [0, 0.1) is 5.92 Å². The molecule has 26 heavy (non-hydrogen) atoms. The van der Waals surface area contributed by atoms with Gasteiger partial charge in [0.15, 0.2) is 0 Å². The van der Waals surface area contributed by atoms with Gasteiger partial charge in [-0.1, -0.05) is 13.0 Å². The van der Waals surface area contributed by atoms with Crippen LogP contribution in [0.4, 0.5) is 11.5 Å². The molecule has 2 heterocycles. The Labute approximate surface area is 156 Å². The molecular weight excluding hydrogens is 324 g/mol. The van der Waals surface area contributed by atoms with E-state index in [1.807, 2.05) is 49.5 Å². The van der Waals surface area contributed by atoms with Gasteiger partial charge in [0.05, 0.1) is 0 Å². The van der Waals surface area contributed by atoms with Crippen LogP contribution in [-0.2, 0) is 6.54 Å². The third kappa shape index (κ3) is 4.54. The second-order valence-corrected chi connectivity index (χ2v) is 7.32. The molecule has 0 bridgehead atoms. The third-order valence-electron chi connectivity index (χ3n) is 5.02. The van der Waals surface area contributed by atoms with Crippen molar-refractivity contribution in [3.63, 3.8) is 0 Å². The van der Waals surface area contributed by atoms with E-state index >= 15 is 0 Å². The Balaban J connectivity index is 1.53. The quantitative estimate of drug-likeness (QED) is 0.897. The van der Waals surface area contributed by atoms with Gasteiger partial charge in [-0.3, -0.25) is 4.79 Å². The van der Waals surface area contributed by atoms with Crippen molar-refractivity contribution in [2.24, 2.45) is 5.92 Å². The number of nitrogens with zero attached hydrogens (tertiary/aromatic N) is 3. The fraction of sp³-hybridized carbons (Fsp3) is 0.429. The van der Waals surface area contributed by atoms with Crippen LogP contribution in [0.3, 0.4) is 0 Å². The fourth-order valence-electron chi connectivity index (χ4n) is 3.14. The summed E-state index contributed by atoms with van der Waals surface area (Å²) in [5, 5.41) is 2.96. The topological polar surface area (TPSA) is 48.5 Å². The number of pyridine rings is 1. The maximum atomic E-state index is 12.3. The standard InChI is InChI=1S/C21H28N4O/c1-16-10-12-25(13-11-16)20-9-4-17(14-22-20)15-23-21(26)18-5-7-19(8-6-18)24(2)3/h4-9,14,16H,10-13,15H2,1-3H3,(H,23,26). The summed E-state index contributed by atoms with van der Waals surface area (Å²) in [6, 6.07) is 11.7. The lowest BCUT2D eigenvalue weighted by atomic mass is 9.99. The van der Waals surface area contributed by atoms with Gasteiger partial charge in [-0.05, 0) is 54.7 Å². The summed E-state index contributed by atoms with van der Waals surface area (Å²) in [6.07, 6.45) is 4.32. The number of carbonyl (C=O) groups is 1. The second-order valence-electron chi connectivity index (χ2n) is 7.32. The highest BCUT2D eigenvalue weighted by Gasteiger charge is 2.16. The number of anilines is 2. The molecule has 3 rings (SSSR count). The average molecular weight is 352 g/mol. The van der Waals surface area contributed by atoms with Crippen molar-refractivity contribution in [2.45, 2.75) is 26.3 Å². The fourth-order valence-corrected chi connectivity index (χ4v) is 3.14. The maximum absolute atomic E-state index is 12.3. The van der Waals surface area contributed by atoms with Crippen molar-refractivity contribution in [1.29, 1.82) is 0 Å². The zero-order valence-corrected chi connectivity index (χ0v) is 15.9. The van der Waals surface area contributed by atoms with E-state index in [0.29, 0.717) is 12.1 Å². The van der Waals surface area contributed by atoms with Crippen LogP contribution in [-0.4, -0.2) is 38.1 Å². The number of hydrogen-bond donors (Lipinski definition) is 1. The van der Waals surface area contributed by atoms with Gasteiger partial charge in [-0.25, -0.2) is 4.98 Å². The normalized spacial score (nSPS) is 15.0. The summed E-state index contributed by atoms with van der Waals surface area (Å²) < 4.78 is 0. The van der Waals surface area contributed by atoms with Gasteiger partial charge in [0, 0.05) is 51.2 Å². The third-order valence-corrected chi connectivity index (χ3v) is 5.02. The Hall–Kier alpha value is -2.56. The van der Waals surface area contributed by atoms with E-state index in [9.17, 15) is 4.79 Å². The zero-order chi connectivity index (χ0) is 18.5. The highest BCUT2D eigenvalue weighted by atomic mass is 16.1. The van der Waals surface area contributed by atoms with E-state index in [1.54, 1.807) is 0 Å². The average Bonchev–Trinajstić information content (AvgIpc) is 2.67. The van der Waals surface area contributed by atoms with E-state index in [2.05, 4.69) is 34.3 Å². The molecule has 1 fully saturated rings. The van der Waals surface area contributed by atoms with Crippen LogP contribution >= 0.6 is 0 Å². The monoisotopic (exact) mass is 352 g/mol. The number of aromatic nitrogens is 1. The van der Waals surface area contributed by atoms with Gasteiger partial charge in [0.1, 0.15) is 5.82 Å². The molecule has 1 saturated heterocycles. The summed E-state index contributed by atoms with van der Waals surface area (Å²) in [6.45, 7) is 4.95. The molecule has 1 amide bonds. The van der Waals surface area contributed by atoms with Gasteiger partial charge >= 0.3 is 0 Å². The highest BCUT2D eigenvalue weighted by molar-refractivity contribution is 5.94. The van der Waals surface area contributed by atoms with E-state index < -0.39 is 0 Å². The van der Waals surface area contributed by atoms with Crippen LogP contribution in [0.25, 0.3) is 0 Å². The minimum absolute atomic E-state index is 0.0654. The van der Waals surface area contributed by atoms with Gasteiger partial charge < -0.3 is 15.1 Å². The molecule has 0 aliphatic carbocycles. The molecule has 1 aliphatic heterocycles. The lowest BCUT2D eigenvalue weighted by Crippen LogP contribution is -2.33. The molecule has 138 valence electrons. The first-order valence-corrected chi connectivity index (χ1v) is 9.28. The first kappa shape index (κ1) is 18.2. The summed E-state index contributed by atoms with van der Waals surface area (Å²) in [5.41, 5.74) is 2.76. The van der Waals surface area contributed by atoms with Crippen molar-refractivity contribution in [3.05, 3.63) is 53.7 Å². The van der Waals surface area contributed by atoms with Crippen LogP contribution in [0.5, 0.6) is 0 Å². The Bertz CT molecular complexity index is 717. The summed E-state index contributed by atoms with van der Waals surface area (Å²) in [5.74, 6) is 1.78. The van der Waals surface area contributed by atoms with Crippen molar-refractivity contribution < 1.29 is 4.79 Å². The number of rotatable bonds is 5. The molecule has 1 aromatic carbocycles. The van der Waals surface area contributed by atoms with E-state index in [-0.39, 0.29) is 5.91 Å². The van der Waals surface area contributed by atoms with Crippen molar-refractivity contribution >= 4 is 17.4 Å². The number of benzene rings is 1. The molecule has 1 aromatic heterocycles. The molecular formula is C21H28N4O. The predicted octanol–water partition coefficient (Wildman–Crippen LogP) is 3.31. The number of piperidine rings is 1. The molecule has 5 heteroatoms. The van der Waals surface area contributed by atoms with Crippen molar-refractivity contribution in [2.75, 3.05) is 37.0 Å². The zero-order valence-electron chi connectivity index (χ0n) is 15.9. The molecule has 2 aromatic rings. The van der Waals surface area contributed by atoms with Gasteiger partial charge in [-0.2, -0.15) is 0 Å². The Morgan fingerprint density at radius 1 is 1.15 bits per heavy atom. The van der Waals surface area contributed by atoms with Crippen LogP contribution in [0.2, 0.25) is 0 Å². The molecule has 0 radical (unpaired) electrons. The van der Waals surface area contributed by atoms with Gasteiger partial charge in [0.2, 0.25) is 0 Å². The van der Waals surface area contributed by atoms with Crippen LogP contribution in [0.1, 0.15) is 35.7 Å². The number of carbonyl (C=O) groups excluding carboxylic acids is 1. The number of amides is 1. The molecule has 0 saturated carbocycles. The smallest absolute Gasteiger partial charge is 0.251 e. The minimum Gasteiger partial charge on any atom is -0.378 e. The van der Waals surface area contributed by atoms with E-state index in [4.69, 9.17) is 0 Å². The highest BCUT2D eigenvalue weighted by Crippen LogP contribution is 2.21. The molecule has 1 aliphatic rings. The first-order valence-electron chi connectivity index (χ1n) is 9.28. The molecule has 0 spiro atoms. The molecule has 1 N–H and O–H groups in total. The van der Waals surface area contributed by atoms with Crippen molar-refractivity contribution in [3.8, 4) is 0 Å². The molecule has 0 unspecified atom stereocenters. The lowest BCUT2D eigenvalue weighted by Gasteiger charge is -2.31. The first-order chi connectivity index (χ1) is 12.5. The summed E-state index contributed by atoms with van der Waals surface area (Å²) in [4.78, 5) is 21.2. The summed E-state index contributed by atoms with van der Waals surface area (Å²) >= 11 is 0. The number of nitrogens with one attached hydrogen (secondary N) is 1. The van der Waals surface area contributed by atoms with Crippen LogP contribution in [0.15, 0.2) is 42.6 Å². The Kier molecular flexibility index (Phi) is 5.76. The van der Waals surface area contributed by atoms with Gasteiger partial charge in [0.25, 0.3) is 5.91 Å². The predicted molar refractivity (Wildman–Crippen MR) is 107 cm³/mol. The molecule has 5 nitrogen and oxygen atoms in total. The minimum atomic E-state index is -0.0654. The molecule has 0 atom stereocenters. The van der Waals surface area contributed by atoms with Gasteiger partial charge in [-0.15, -0.1) is 0 Å². The Morgan fingerprint density at radius 3 is 2.42 bits per heavy atom. The lowest BCUT2D eigenvalue weighted by molar-refractivity contribution is 0.0951. The van der Waals surface area contributed by atoms with Crippen molar-refractivity contribution in [1.82, 2.24) is 10.3 Å². The van der Waals surface area contributed by atoms with E-state index in [0.717, 1.165) is 36.1 Å². The number of hydrogen-bond acceptors (Lipinski definition) is 4. The maximum Gasteiger partial charge on any atom is 0.251 e. The van der Waals surface area contributed by atoms with E-state index in [1.165, 1.54) is 12.8 Å². The van der Waals surface area contributed by atoms with Crippen LogP contribution < -0.4 is 15.1 Å². The SMILES string of the molecule is CC1CCN(c2ccc(CNC(=O)c3ccc(N(C)C)cc3)cn2)CC1. The Morgan fingerprint density at radius 2 is 1.85 bits per heavy atom. The summed E-state index contributed by atoms with van der Waals surface area (Å²) in [7, 11) is 3.96. The second kappa shape index (κ2) is 8.21.